The summed E-state index contributed by atoms with van der Waals surface area (Å²) in [5.41, 5.74) is -0.0587. The van der Waals surface area contributed by atoms with E-state index in [0.717, 1.165) is 45.2 Å². The van der Waals surface area contributed by atoms with E-state index in [1.54, 1.807) is 7.11 Å². The Morgan fingerprint density at radius 2 is 2.22 bits per heavy atom. The van der Waals surface area contributed by atoms with Gasteiger partial charge in [0.25, 0.3) is 0 Å². The van der Waals surface area contributed by atoms with E-state index < -0.39 is 0 Å². The molecule has 23 heavy (non-hydrogen) atoms. The number of carbonyl (C=O) groups is 2. The second-order valence-corrected chi connectivity index (χ2v) is 7.00. The Kier molecular flexibility index (Phi) is 5.21. The van der Waals surface area contributed by atoms with Crippen LogP contribution in [0.25, 0.3) is 0 Å². The summed E-state index contributed by atoms with van der Waals surface area (Å²) in [7, 11) is 1.67. The Hall–Kier alpha value is -1.14. The maximum Gasteiger partial charge on any atom is 0.228 e. The van der Waals surface area contributed by atoms with Crippen molar-refractivity contribution in [1.82, 2.24) is 9.80 Å². The molecule has 3 heterocycles. The van der Waals surface area contributed by atoms with Crippen LogP contribution in [-0.2, 0) is 19.1 Å². The van der Waals surface area contributed by atoms with E-state index in [1.165, 1.54) is 0 Å². The van der Waals surface area contributed by atoms with Gasteiger partial charge in [-0.2, -0.15) is 0 Å². The summed E-state index contributed by atoms with van der Waals surface area (Å²) in [5, 5.41) is 0. The second kappa shape index (κ2) is 7.18. The fourth-order valence-electron chi connectivity index (χ4n) is 4.33. The van der Waals surface area contributed by atoms with Gasteiger partial charge in [0.05, 0.1) is 19.1 Å². The lowest BCUT2D eigenvalue weighted by Gasteiger charge is -2.38. The quantitative estimate of drug-likeness (QED) is 0.775. The van der Waals surface area contributed by atoms with Crippen LogP contribution >= 0.6 is 0 Å². The molecular weight excluding hydrogens is 296 g/mol. The molecule has 0 unspecified atom stereocenters. The first-order chi connectivity index (χ1) is 11.2. The molecule has 6 heteroatoms. The van der Waals surface area contributed by atoms with Gasteiger partial charge < -0.3 is 19.3 Å². The minimum atomic E-state index is -0.0587. The first-order valence-corrected chi connectivity index (χ1v) is 8.82. The van der Waals surface area contributed by atoms with Gasteiger partial charge in [-0.05, 0) is 32.1 Å². The molecule has 2 amide bonds. The molecule has 1 spiro atoms. The molecule has 3 fully saturated rings. The number of amides is 2. The summed E-state index contributed by atoms with van der Waals surface area (Å²) in [5.74, 6) is 0.525. The summed E-state index contributed by atoms with van der Waals surface area (Å²) in [6.45, 7) is 4.08. The monoisotopic (exact) mass is 324 g/mol. The lowest BCUT2D eigenvalue weighted by molar-refractivity contribution is -0.135. The molecule has 3 aliphatic heterocycles. The van der Waals surface area contributed by atoms with Gasteiger partial charge in [-0.25, -0.2) is 0 Å². The maximum absolute atomic E-state index is 12.6. The molecule has 0 saturated carbocycles. The number of hydrogen-bond acceptors (Lipinski definition) is 4. The molecule has 6 nitrogen and oxygen atoms in total. The van der Waals surface area contributed by atoms with Gasteiger partial charge in [0, 0.05) is 45.3 Å². The molecule has 2 atom stereocenters. The topological polar surface area (TPSA) is 59.1 Å². The molecule has 0 aromatic rings. The van der Waals surface area contributed by atoms with Crippen molar-refractivity contribution in [3.8, 4) is 0 Å². The lowest BCUT2D eigenvalue weighted by Crippen LogP contribution is -2.48. The normalized spacial score (nSPS) is 31.9. The van der Waals surface area contributed by atoms with Gasteiger partial charge >= 0.3 is 0 Å². The van der Waals surface area contributed by atoms with Crippen molar-refractivity contribution in [1.29, 1.82) is 0 Å². The largest absolute Gasteiger partial charge is 0.383 e. The third kappa shape index (κ3) is 3.38. The molecule has 0 aromatic heterocycles. The molecule has 0 aromatic carbocycles. The second-order valence-electron chi connectivity index (χ2n) is 7.00. The Bertz CT molecular complexity index is 450. The van der Waals surface area contributed by atoms with E-state index in [4.69, 9.17) is 9.47 Å². The number of hydrogen-bond donors (Lipinski definition) is 0. The van der Waals surface area contributed by atoms with Crippen molar-refractivity contribution in [3.05, 3.63) is 0 Å². The maximum atomic E-state index is 12.6. The van der Waals surface area contributed by atoms with E-state index in [-0.39, 0.29) is 23.3 Å². The zero-order chi connectivity index (χ0) is 16.3. The minimum Gasteiger partial charge on any atom is -0.383 e. The standard InChI is InChI=1S/C17H28N2O4/c1-22-12-10-19-15(20)3-6-17(19)5-2-8-18(9-7-17)16(21)14-4-11-23-13-14/h14H,2-13H2,1H3/t14-,17+/m0/s1. The highest BCUT2D eigenvalue weighted by Gasteiger charge is 2.46. The third-order valence-electron chi connectivity index (χ3n) is 5.70. The number of methoxy groups -OCH3 is 1. The fourth-order valence-corrected chi connectivity index (χ4v) is 4.33. The van der Waals surface area contributed by atoms with Crippen LogP contribution in [-0.4, -0.2) is 73.7 Å². The summed E-state index contributed by atoms with van der Waals surface area (Å²) >= 11 is 0. The fraction of sp³-hybridized carbons (Fsp3) is 0.882. The van der Waals surface area contributed by atoms with Crippen molar-refractivity contribution in [2.45, 2.75) is 44.1 Å². The van der Waals surface area contributed by atoms with Crippen LogP contribution in [0.1, 0.15) is 38.5 Å². The SMILES string of the molecule is COCCN1C(=O)CC[C@@]12CCCN(C(=O)[C@H]1CCOC1)CC2. The Balaban J connectivity index is 1.64. The zero-order valence-corrected chi connectivity index (χ0v) is 14.1. The average Bonchev–Trinajstić information content (AvgIpc) is 3.12. The van der Waals surface area contributed by atoms with E-state index in [1.807, 2.05) is 9.80 Å². The van der Waals surface area contributed by atoms with Crippen molar-refractivity contribution < 1.29 is 19.1 Å². The number of carbonyl (C=O) groups excluding carboxylic acids is 2. The van der Waals surface area contributed by atoms with Crippen molar-refractivity contribution in [3.63, 3.8) is 0 Å². The van der Waals surface area contributed by atoms with Gasteiger partial charge in [0.1, 0.15) is 0 Å². The molecule has 0 aliphatic carbocycles. The van der Waals surface area contributed by atoms with Crippen LogP contribution in [0.2, 0.25) is 0 Å². The third-order valence-corrected chi connectivity index (χ3v) is 5.70. The molecule has 3 aliphatic rings. The Morgan fingerprint density at radius 3 is 2.96 bits per heavy atom. The van der Waals surface area contributed by atoms with Gasteiger partial charge in [0.2, 0.25) is 11.8 Å². The number of likely N-dealkylation sites (tertiary alicyclic amines) is 2. The Labute approximate surface area is 138 Å². The van der Waals surface area contributed by atoms with E-state index in [2.05, 4.69) is 0 Å². The van der Waals surface area contributed by atoms with Crippen LogP contribution in [0.4, 0.5) is 0 Å². The summed E-state index contributed by atoms with van der Waals surface area (Å²) in [6.07, 6.45) is 5.25. The van der Waals surface area contributed by atoms with Crippen molar-refractivity contribution in [2.24, 2.45) is 5.92 Å². The highest BCUT2D eigenvalue weighted by Crippen LogP contribution is 2.39. The molecule has 130 valence electrons. The molecule has 0 bridgehead atoms. The average molecular weight is 324 g/mol. The van der Waals surface area contributed by atoms with E-state index in [9.17, 15) is 9.59 Å². The first-order valence-electron chi connectivity index (χ1n) is 8.82. The van der Waals surface area contributed by atoms with Crippen LogP contribution < -0.4 is 0 Å². The van der Waals surface area contributed by atoms with E-state index in [0.29, 0.717) is 32.8 Å². The van der Waals surface area contributed by atoms with Crippen LogP contribution in [0.5, 0.6) is 0 Å². The van der Waals surface area contributed by atoms with Gasteiger partial charge in [0.15, 0.2) is 0 Å². The molecular formula is C17H28N2O4. The van der Waals surface area contributed by atoms with Gasteiger partial charge in [-0.15, -0.1) is 0 Å². The lowest BCUT2D eigenvalue weighted by atomic mass is 9.87. The Morgan fingerprint density at radius 1 is 1.35 bits per heavy atom. The smallest absolute Gasteiger partial charge is 0.228 e. The molecule has 0 radical (unpaired) electrons. The van der Waals surface area contributed by atoms with Crippen LogP contribution in [0, 0.1) is 5.92 Å². The van der Waals surface area contributed by atoms with Crippen molar-refractivity contribution >= 4 is 11.8 Å². The summed E-state index contributed by atoms with van der Waals surface area (Å²) in [4.78, 5) is 28.9. The number of ether oxygens (including phenoxy) is 2. The number of rotatable bonds is 4. The summed E-state index contributed by atoms with van der Waals surface area (Å²) < 4.78 is 10.5. The predicted octanol–water partition coefficient (Wildman–Crippen LogP) is 1.04. The highest BCUT2D eigenvalue weighted by molar-refractivity contribution is 5.80. The first kappa shape index (κ1) is 16.7. The molecule has 3 saturated heterocycles. The zero-order valence-electron chi connectivity index (χ0n) is 14.1. The predicted molar refractivity (Wildman–Crippen MR) is 84.9 cm³/mol. The van der Waals surface area contributed by atoms with Crippen LogP contribution in [0.15, 0.2) is 0 Å². The van der Waals surface area contributed by atoms with E-state index >= 15 is 0 Å². The summed E-state index contributed by atoms with van der Waals surface area (Å²) in [6, 6.07) is 0. The molecule has 3 rings (SSSR count). The molecule has 0 N–H and O–H groups in total. The highest BCUT2D eigenvalue weighted by atomic mass is 16.5. The van der Waals surface area contributed by atoms with Gasteiger partial charge in [-0.1, -0.05) is 0 Å². The van der Waals surface area contributed by atoms with Crippen molar-refractivity contribution in [2.75, 3.05) is 46.6 Å². The number of nitrogens with zero attached hydrogens (tertiary/aromatic N) is 2. The minimum absolute atomic E-state index is 0.0406. The van der Waals surface area contributed by atoms with Gasteiger partial charge in [-0.3, -0.25) is 9.59 Å². The van der Waals surface area contributed by atoms with Crippen LogP contribution in [0.3, 0.4) is 0 Å².